The number of piperidine rings is 1. The molecular weight excluding hydrogens is 358 g/mol. The minimum Gasteiger partial charge on any atom is -0.352 e. The van der Waals surface area contributed by atoms with Crippen molar-refractivity contribution in [2.75, 3.05) is 13.1 Å². The van der Waals surface area contributed by atoms with Crippen LogP contribution in [0.4, 0.5) is 0 Å². The lowest BCUT2D eigenvalue weighted by atomic mass is 10.1. The summed E-state index contributed by atoms with van der Waals surface area (Å²) in [5.41, 5.74) is 1.91. The van der Waals surface area contributed by atoms with E-state index in [1.807, 2.05) is 13.0 Å². The predicted molar refractivity (Wildman–Crippen MR) is 96.9 cm³/mol. The van der Waals surface area contributed by atoms with Crippen LogP contribution in [-0.4, -0.2) is 42.7 Å². The van der Waals surface area contributed by atoms with Crippen molar-refractivity contribution in [2.24, 2.45) is 0 Å². The van der Waals surface area contributed by atoms with Crippen molar-refractivity contribution in [3.8, 4) is 0 Å². The number of nitrogens with zero attached hydrogens (tertiary/aromatic N) is 2. The maximum Gasteiger partial charge on any atom is 0.252 e. The first kappa shape index (κ1) is 18.0. The zero-order valence-corrected chi connectivity index (χ0v) is 15.6. The van der Waals surface area contributed by atoms with Crippen LogP contribution in [0.3, 0.4) is 0 Å². The van der Waals surface area contributed by atoms with Gasteiger partial charge in [0.15, 0.2) is 0 Å². The van der Waals surface area contributed by atoms with Crippen LogP contribution in [0.2, 0.25) is 0 Å². The number of amides is 1. The average molecular weight is 380 g/mol. The molecule has 3 rings (SSSR count). The molecule has 1 aliphatic rings. The number of thiophene rings is 1. The Morgan fingerprint density at radius 2 is 2.28 bits per heavy atom. The number of sulfonamides is 1. The standard InChI is InChI=1S/C17H21N3O3S2/c1-13-11-18-7-6-14(13)10-16(21)19-15-4-2-8-20(12-15)25(22,23)17-5-3-9-24-17/h3,5-7,9,11,15H,2,4,8,10,12H2,1H3,(H,19,21)/t15-/m1/s1. The minimum atomic E-state index is -3.46. The van der Waals surface area contributed by atoms with Crippen molar-refractivity contribution >= 4 is 27.3 Å². The molecule has 0 aromatic carbocycles. The van der Waals surface area contributed by atoms with Gasteiger partial charge in [-0.05, 0) is 48.4 Å². The van der Waals surface area contributed by atoms with Crippen molar-refractivity contribution in [2.45, 2.75) is 36.4 Å². The monoisotopic (exact) mass is 379 g/mol. The van der Waals surface area contributed by atoms with Gasteiger partial charge in [0.1, 0.15) is 4.21 Å². The molecule has 2 aromatic rings. The van der Waals surface area contributed by atoms with E-state index in [-0.39, 0.29) is 18.4 Å². The number of rotatable bonds is 5. The smallest absolute Gasteiger partial charge is 0.252 e. The number of hydrogen-bond donors (Lipinski definition) is 1. The summed E-state index contributed by atoms with van der Waals surface area (Å²) in [5, 5.41) is 4.74. The van der Waals surface area contributed by atoms with Crippen molar-refractivity contribution < 1.29 is 13.2 Å². The third-order valence-corrected chi connectivity index (χ3v) is 7.56. The number of carbonyl (C=O) groups is 1. The van der Waals surface area contributed by atoms with Gasteiger partial charge in [0.25, 0.3) is 10.0 Å². The first-order valence-electron chi connectivity index (χ1n) is 8.19. The molecule has 0 spiro atoms. The fourth-order valence-electron chi connectivity index (χ4n) is 2.97. The van der Waals surface area contributed by atoms with Crippen molar-refractivity contribution in [3.05, 3.63) is 47.1 Å². The van der Waals surface area contributed by atoms with Gasteiger partial charge in [0.2, 0.25) is 5.91 Å². The maximum absolute atomic E-state index is 12.6. The Kier molecular flexibility index (Phi) is 5.51. The molecule has 1 aliphatic heterocycles. The van der Waals surface area contributed by atoms with Crippen LogP contribution in [0.25, 0.3) is 0 Å². The van der Waals surface area contributed by atoms with Gasteiger partial charge in [0, 0.05) is 31.5 Å². The van der Waals surface area contributed by atoms with Crippen LogP contribution in [-0.2, 0) is 21.2 Å². The number of aromatic nitrogens is 1. The Morgan fingerprint density at radius 1 is 1.44 bits per heavy atom. The third kappa shape index (κ3) is 4.26. The van der Waals surface area contributed by atoms with Gasteiger partial charge in [-0.3, -0.25) is 9.78 Å². The van der Waals surface area contributed by atoms with Crippen LogP contribution < -0.4 is 5.32 Å². The molecule has 6 nitrogen and oxygen atoms in total. The highest BCUT2D eigenvalue weighted by Gasteiger charge is 2.31. The Labute approximate surface area is 151 Å². The molecule has 1 amide bonds. The van der Waals surface area contributed by atoms with Crippen LogP contribution in [0, 0.1) is 6.92 Å². The van der Waals surface area contributed by atoms with Crippen molar-refractivity contribution in [1.82, 2.24) is 14.6 Å². The summed E-state index contributed by atoms with van der Waals surface area (Å²) in [6.07, 6.45) is 5.22. The van der Waals surface area contributed by atoms with Gasteiger partial charge in [-0.2, -0.15) is 4.31 Å². The molecule has 1 fully saturated rings. The Hall–Kier alpha value is -1.77. The van der Waals surface area contributed by atoms with Gasteiger partial charge in [-0.25, -0.2) is 8.42 Å². The van der Waals surface area contributed by atoms with E-state index in [1.54, 1.807) is 29.9 Å². The highest BCUT2D eigenvalue weighted by molar-refractivity contribution is 7.91. The molecule has 8 heteroatoms. The predicted octanol–water partition coefficient (Wildman–Crippen LogP) is 1.96. The second kappa shape index (κ2) is 7.63. The molecule has 0 saturated carbocycles. The Bertz CT molecular complexity index is 835. The second-order valence-electron chi connectivity index (χ2n) is 6.18. The maximum atomic E-state index is 12.6. The number of pyridine rings is 1. The summed E-state index contributed by atoms with van der Waals surface area (Å²) in [4.78, 5) is 16.3. The van der Waals surface area contributed by atoms with E-state index in [2.05, 4.69) is 10.3 Å². The van der Waals surface area contributed by atoms with E-state index in [0.29, 0.717) is 17.3 Å². The van der Waals surface area contributed by atoms with E-state index < -0.39 is 10.0 Å². The van der Waals surface area contributed by atoms with E-state index in [1.165, 1.54) is 15.6 Å². The molecule has 1 atom stereocenters. The van der Waals surface area contributed by atoms with E-state index in [9.17, 15) is 13.2 Å². The van der Waals surface area contributed by atoms with E-state index >= 15 is 0 Å². The summed E-state index contributed by atoms with van der Waals surface area (Å²) >= 11 is 1.22. The average Bonchev–Trinajstić information content (AvgIpc) is 3.12. The summed E-state index contributed by atoms with van der Waals surface area (Å²) in [7, 11) is -3.46. The van der Waals surface area contributed by atoms with Gasteiger partial charge < -0.3 is 5.32 Å². The van der Waals surface area contributed by atoms with Crippen LogP contribution >= 0.6 is 11.3 Å². The molecule has 0 unspecified atom stereocenters. The fraction of sp³-hybridized carbons (Fsp3) is 0.412. The van der Waals surface area contributed by atoms with Crippen LogP contribution in [0.5, 0.6) is 0 Å². The van der Waals surface area contributed by atoms with Gasteiger partial charge in [-0.1, -0.05) is 6.07 Å². The lowest BCUT2D eigenvalue weighted by Gasteiger charge is -2.32. The minimum absolute atomic E-state index is 0.0883. The molecule has 2 aromatic heterocycles. The second-order valence-corrected chi connectivity index (χ2v) is 9.29. The molecule has 1 N–H and O–H groups in total. The number of hydrogen-bond acceptors (Lipinski definition) is 5. The largest absolute Gasteiger partial charge is 0.352 e. The molecular formula is C17H21N3O3S2. The Morgan fingerprint density at radius 3 is 3.00 bits per heavy atom. The Balaban J connectivity index is 1.62. The SMILES string of the molecule is Cc1cnccc1CC(=O)N[C@@H]1CCCN(S(=O)(=O)c2cccs2)C1. The molecule has 0 bridgehead atoms. The number of carbonyl (C=O) groups excluding carboxylic acids is 1. The van der Waals surface area contributed by atoms with Gasteiger partial charge in [-0.15, -0.1) is 11.3 Å². The zero-order valence-electron chi connectivity index (χ0n) is 14.0. The van der Waals surface area contributed by atoms with E-state index in [4.69, 9.17) is 0 Å². The topological polar surface area (TPSA) is 79.4 Å². The molecule has 3 heterocycles. The summed E-state index contributed by atoms with van der Waals surface area (Å²) in [6.45, 7) is 2.74. The zero-order chi connectivity index (χ0) is 17.9. The summed E-state index contributed by atoms with van der Waals surface area (Å²) in [6, 6.07) is 5.04. The molecule has 25 heavy (non-hydrogen) atoms. The fourth-order valence-corrected chi connectivity index (χ4v) is 5.64. The summed E-state index contributed by atoms with van der Waals surface area (Å²) < 4.78 is 27.1. The van der Waals surface area contributed by atoms with Crippen LogP contribution in [0.15, 0.2) is 40.2 Å². The molecule has 1 saturated heterocycles. The number of nitrogens with one attached hydrogen (secondary N) is 1. The first-order chi connectivity index (χ1) is 12.0. The molecule has 0 aliphatic carbocycles. The van der Waals surface area contributed by atoms with Crippen LogP contribution in [0.1, 0.15) is 24.0 Å². The molecule has 0 radical (unpaired) electrons. The van der Waals surface area contributed by atoms with Crippen molar-refractivity contribution in [3.63, 3.8) is 0 Å². The van der Waals surface area contributed by atoms with Gasteiger partial charge in [0.05, 0.1) is 6.42 Å². The quantitative estimate of drug-likeness (QED) is 0.861. The third-order valence-electron chi connectivity index (χ3n) is 4.33. The lowest BCUT2D eigenvalue weighted by molar-refractivity contribution is -0.121. The van der Waals surface area contributed by atoms with Crippen molar-refractivity contribution in [1.29, 1.82) is 0 Å². The number of aryl methyl sites for hydroxylation is 1. The molecule has 134 valence electrons. The first-order valence-corrected chi connectivity index (χ1v) is 10.5. The van der Waals surface area contributed by atoms with Gasteiger partial charge >= 0.3 is 0 Å². The summed E-state index contributed by atoms with van der Waals surface area (Å²) in [5.74, 6) is -0.0883. The lowest BCUT2D eigenvalue weighted by Crippen LogP contribution is -2.49. The highest BCUT2D eigenvalue weighted by Crippen LogP contribution is 2.24. The normalized spacial score (nSPS) is 18.8. The van der Waals surface area contributed by atoms with E-state index in [0.717, 1.165) is 24.0 Å². The highest BCUT2D eigenvalue weighted by atomic mass is 32.2.